The van der Waals surface area contributed by atoms with E-state index in [1.54, 1.807) is 11.0 Å². The van der Waals surface area contributed by atoms with Crippen molar-refractivity contribution >= 4 is 40.7 Å². The minimum atomic E-state index is -1.36. The van der Waals surface area contributed by atoms with Gasteiger partial charge >= 0.3 is 0 Å². The lowest BCUT2D eigenvalue weighted by atomic mass is 9.62. The molecule has 4 atom stereocenters. The highest BCUT2D eigenvalue weighted by Gasteiger charge is 2.66. The fourth-order valence-corrected chi connectivity index (χ4v) is 6.70. The van der Waals surface area contributed by atoms with Crippen LogP contribution in [0.4, 0.5) is 14.5 Å². The van der Waals surface area contributed by atoms with E-state index in [0.717, 1.165) is 13.1 Å². The number of carbonyl (C=O) groups is 2. The number of hydrogen-bond donors (Lipinski definition) is 2. The average molecular weight is 565 g/mol. The number of amides is 2. The van der Waals surface area contributed by atoms with Crippen LogP contribution >= 0.6 is 23.2 Å². The largest absolute Gasteiger partial charge is 0.339 e. The molecule has 2 saturated heterocycles. The third-order valence-electron chi connectivity index (χ3n) is 8.08. The zero-order valence-electron chi connectivity index (χ0n) is 21.9. The maximum absolute atomic E-state index is 15.0. The lowest BCUT2D eigenvalue weighted by molar-refractivity contribution is -0.135. The van der Waals surface area contributed by atoms with Crippen LogP contribution < -0.4 is 10.6 Å². The van der Waals surface area contributed by atoms with Gasteiger partial charge in [-0.2, -0.15) is 0 Å². The van der Waals surface area contributed by atoms with Crippen molar-refractivity contribution < 1.29 is 18.4 Å². The highest BCUT2D eigenvalue weighted by Crippen LogP contribution is 2.57. The quantitative estimate of drug-likeness (QED) is 0.562. The molecule has 2 aromatic rings. The minimum absolute atomic E-state index is 0.106. The van der Waals surface area contributed by atoms with Crippen LogP contribution in [0.25, 0.3) is 0 Å². The van der Waals surface area contributed by atoms with Gasteiger partial charge < -0.3 is 20.4 Å². The van der Waals surface area contributed by atoms with Crippen molar-refractivity contribution in [3.05, 3.63) is 63.1 Å². The number of nitrogens with one attached hydrogen (secondary N) is 2. The Balaban J connectivity index is 1.73. The van der Waals surface area contributed by atoms with Crippen LogP contribution in [-0.2, 0) is 15.0 Å². The van der Waals surface area contributed by atoms with Crippen LogP contribution in [0.2, 0.25) is 10.0 Å². The van der Waals surface area contributed by atoms with Gasteiger partial charge in [-0.15, -0.1) is 0 Å². The second kappa shape index (κ2) is 9.73. The molecule has 0 aromatic heterocycles. The molecule has 5 rings (SSSR count). The van der Waals surface area contributed by atoms with Crippen LogP contribution in [0.3, 0.4) is 0 Å². The zero-order valence-corrected chi connectivity index (χ0v) is 23.4. The summed E-state index contributed by atoms with van der Waals surface area (Å²) in [5.41, 5.74) is -0.221. The van der Waals surface area contributed by atoms with Gasteiger partial charge in [0.2, 0.25) is 11.8 Å². The van der Waals surface area contributed by atoms with Gasteiger partial charge in [-0.3, -0.25) is 9.59 Å². The summed E-state index contributed by atoms with van der Waals surface area (Å²) < 4.78 is 29.3. The summed E-state index contributed by atoms with van der Waals surface area (Å²) in [5, 5.41) is 6.22. The summed E-state index contributed by atoms with van der Waals surface area (Å²) in [6.07, 6.45) is 0.516. The van der Waals surface area contributed by atoms with E-state index in [9.17, 15) is 18.4 Å². The van der Waals surface area contributed by atoms with Crippen molar-refractivity contribution in [2.24, 2.45) is 5.41 Å². The number of fused-ring (bicyclic) bond motifs is 2. The van der Waals surface area contributed by atoms with Crippen LogP contribution in [-0.4, -0.2) is 66.9 Å². The molecule has 2 amide bonds. The summed E-state index contributed by atoms with van der Waals surface area (Å²) in [6, 6.07) is 5.66. The smallest absolute Gasteiger partial charge is 0.240 e. The van der Waals surface area contributed by atoms with Gasteiger partial charge in [0.1, 0.15) is 17.0 Å². The Morgan fingerprint density at radius 1 is 1.05 bits per heavy atom. The third-order valence-corrected chi connectivity index (χ3v) is 8.66. The number of halogens is 4. The molecule has 6 nitrogen and oxygen atoms in total. The molecule has 0 radical (unpaired) electrons. The molecule has 2 fully saturated rings. The van der Waals surface area contributed by atoms with Crippen molar-refractivity contribution in [1.29, 1.82) is 0 Å². The predicted octanol–water partition coefficient (Wildman–Crippen LogP) is 4.80. The lowest BCUT2D eigenvalue weighted by Gasteiger charge is -2.38. The first-order valence-electron chi connectivity index (χ1n) is 12.8. The number of hydrogen-bond acceptors (Lipinski definition) is 4. The molecule has 2 N–H and O–H groups in total. The maximum Gasteiger partial charge on any atom is 0.240 e. The summed E-state index contributed by atoms with van der Waals surface area (Å²) in [6.45, 7) is 8.72. The number of piperazine rings is 1. The van der Waals surface area contributed by atoms with Gasteiger partial charge in [0.05, 0.1) is 16.1 Å². The molecule has 3 heterocycles. The molecular formula is C28H32Cl2F2N4O2. The van der Waals surface area contributed by atoms with Crippen molar-refractivity contribution in [2.45, 2.75) is 50.6 Å². The molecule has 3 aliphatic rings. The average Bonchev–Trinajstić information content (AvgIpc) is 3.30. The molecule has 1 spiro atoms. The number of carbonyl (C=O) groups excluding carboxylic acids is 2. The monoisotopic (exact) mass is 564 g/mol. The fraction of sp³-hybridized carbons (Fsp3) is 0.500. The number of benzene rings is 2. The summed E-state index contributed by atoms with van der Waals surface area (Å²) in [5.74, 6) is -2.52. The number of nitrogens with zero attached hydrogens (tertiary/aromatic N) is 2. The molecular weight excluding hydrogens is 533 g/mol. The number of anilines is 1. The Kier molecular flexibility index (Phi) is 7.00. The molecule has 0 aliphatic carbocycles. The van der Waals surface area contributed by atoms with E-state index in [2.05, 4.69) is 36.3 Å². The molecule has 0 saturated carbocycles. The third kappa shape index (κ3) is 4.49. The molecule has 3 aliphatic heterocycles. The summed E-state index contributed by atoms with van der Waals surface area (Å²) in [7, 11) is 2.01. The van der Waals surface area contributed by atoms with Crippen LogP contribution in [0.5, 0.6) is 0 Å². The lowest BCUT2D eigenvalue weighted by Crippen LogP contribution is -2.53. The van der Waals surface area contributed by atoms with Crippen molar-refractivity contribution in [1.82, 2.24) is 15.1 Å². The van der Waals surface area contributed by atoms with E-state index in [4.69, 9.17) is 23.2 Å². The Hall–Kier alpha value is -2.26. The van der Waals surface area contributed by atoms with Gasteiger partial charge in [-0.05, 0) is 54.3 Å². The number of likely N-dealkylation sites (N-methyl/N-ethyl adjacent to an activating group) is 1. The number of rotatable bonds is 3. The van der Waals surface area contributed by atoms with E-state index in [-0.39, 0.29) is 27.3 Å². The van der Waals surface area contributed by atoms with E-state index in [1.807, 2.05) is 7.05 Å². The van der Waals surface area contributed by atoms with Gasteiger partial charge in [-0.25, -0.2) is 8.78 Å². The Morgan fingerprint density at radius 3 is 2.34 bits per heavy atom. The summed E-state index contributed by atoms with van der Waals surface area (Å²) in [4.78, 5) is 32.2. The van der Waals surface area contributed by atoms with E-state index >= 15 is 0 Å². The molecule has 0 bridgehead atoms. The van der Waals surface area contributed by atoms with Crippen molar-refractivity contribution in [2.75, 3.05) is 38.5 Å². The Bertz CT molecular complexity index is 1290. The second-order valence-corrected chi connectivity index (χ2v) is 12.7. The van der Waals surface area contributed by atoms with Gasteiger partial charge in [-0.1, -0.05) is 50.0 Å². The van der Waals surface area contributed by atoms with Gasteiger partial charge in [0, 0.05) is 43.8 Å². The topological polar surface area (TPSA) is 64.7 Å². The highest BCUT2D eigenvalue weighted by molar-refractivity contribution is 6.31. The van der Waals surface area contributed by atoms with Crippen LogP contribution in [0, 0.1) is 17.0 Å². The zero-order chi connectivity index (χ0) is 27.6. The minimum Gasteiger partial charge on any atom is -0.339 e. The van der Waals surface area contributed by atoms with E-state index in [1.165, 1.54) is 24.3 Å². The SMILES string of the molecule is CN1CCN(C(=O)[C@@H]2N[C@H](CC(C)(C)C)[C@]3(C(=O)Nc4cc(Cl)c(F)cc43)[C@H]2c2ccc(F)c(Cl)c2)CC1. The standard InChI is InChI=1S/C28H32Cl2F2N4O2/c1-27(2,3)14-22-28(16-12-20(32)18(30)13-21(16)33-26(28)38)23(15-5-6-19(31)17(29)11-15)24(34-22)25(37)36-9-7-35(4)8-10-36/h5-6,11-13,22-24,34H,7-10,14H2,1-4H3,(H,33,38)/t22-,23+,24-,28+/m1/s1. The molecule has 10 heteroatoms. The van der Waals surface area contributed by atoms with Crippen molar-refractivity contribution in [3.63, 3.8) is 0 Å². The molecule has 2 aromatic carbocycles. The first kappa shape index (κ1) is 27.3. The van der Waals surface area contributed by atoms with Gasteiger partial charge in [0.25, 0.3) is 0 Å². The first-order valence-corrected chi connectivity index (χ1v) is 13.6. The normalized spacial score (nSPS) is 27.6. The predicted molar refractivity (Wildman–Crippen MR) is 145 cm³/mol. The fourth-order valence-electron chi connectivity index (χ4n) is 6.35. The highest BCUT2D eigenvalue weighted by atomic mass is 35.5. The first-order chi connectivity index (χ1) is 17.8. The Morgan fingerprint density at radius 2 is 1.71 bits per heavy atom. The van der Waals surface area contributed by atoms with Crippen LogP contribution in [0.1, 0.15) is 44.2 Å². The maximum atomic E-state index is 15.0. The Labute approximate surface area is 231 Å². The van der Waals surface area contributed by atoms with E-state index in [0.29, 0.717) is 36.3 Å². The van der Waals surface area contributed by atoms with Crippen molar-refractivity contribution in [3.8, 4) is 0 Å². The molecule has 38 heavy (non-hydrogen) atoms. The van der Waals surface area contributed by atoms with Gasteiger partial charge in [0.15, 0.2) is 0 Å². The molecule has 204 valence electrons. The molecule has 0 unspecified atom stereocenters. The second-order valence-electron chi connectivity index (χ2n) is 11.9. The van der Waals surface area contributed by atoms with Crippen LogP contribution in [0.15, 0.2) is 30.3 Å². The van der Waals surface area contributed by atoms with E-state index < -0.39 is 35.1 Å². The summed E-state index contributed by atoms with van der Waals surface area (Å²) >= 11 is 12.3.